The third-order valence-corrected chi connectivity index (χ3v) is 5.55. The SMILES string of the molecule is CCCCCCCCc1ccc(CC2CC=CC2(N)CC)cc1. The standard InChI is InChI=1S/C22H35N/c1-3-5-6-7-8-9-11-19-13-15-20(16-14-19)18-21-12-10-17-22(21,23)4-2/h10,13-17,21H,3-9,11-12,18,23H2,1-2H3. The van der Waals surface area contributed by atoms with Gasteiger partial charge in [-0.15, -0.1) is 0 Å². The van der Waals surface area contributed by atoms with E-state index in [-0.39, 0.29) is 5.54 Å². The summed E-state index contributed by atoms with van der Waals surface area (Å²) in [5.41, 5.74) is 9.35. The number of rotatable bonds is 10. The number of unbranched alkanes of at least 4 members (excludes halogenated alkanes) is 5. The van der Waals surface area contributed by atoms with Crippen molar-refractivity contribution in [2.45, 2.75) is 83.6 Å². The first kappa shape index (κ1) is 18.3. The van der Waals surface area contributed by atoms with Crippen LogP contribution in [0.5, 0.6) is 0 Å². The Morgan fingerprint density at radius 3 is 2.30 bits per heavy atom. The monoisotopic (exact) mass is 313 g/mol. The van der Waals surface area contributed by atoms with Crippen LogP contribution in [0.4, 0.5) is 0 Å². The number of hydrogen-bond acceptors (Lipinski definition) is 1. The summed E-state index contributed by atoms with van der Waals surface area (Å²) in [7, 11) is 0. The minimum atomic E-state index is -0.0862. The van der Waals surface area contributed by atoms with Crippen LogP contribution in [0, 0.1) is 5.92 Å². The van der Waals surface area contributed by atoms with Gasteiger partial charge in [0.2, 0.25) is 0 Å². The van der Waals surface area contributed by atoms with Gasteiger partial charge in [0, 0.05) is 5.54 Å². The number of benzene rings is 1. The van der Waals surface area contributed by atoms with Crippen molar-refractivity contribution in [3.63, 3.8) is 0 Å². The Bertz CT molecular complexity index is 473. The van der Waals surface area contributed by atoms with E-state index < -0.39 is 0 Å². The van der Waals surface area contributed by atoms with Crippen molar-refractivity contribution in [2.75, 3.05) is 0 Å². The molecule has 2 unspecified atom stereocenters. The van der Waals surface area contributed by atoms with Crippen molar-refractivity contribution in [3.05, 3.63) is 47.5 Å². The van der Waals surface area contributed by atoms with E-state index in [1.165, 1.54) is 56.1 Å². The summed E-state index contributed by atoms with van der Waals surface area (Å²) in [5.74, 6) is 0.567. The van der Waals surface area contributed by atoms with E-state index in [0.717, 1.165) is 19.3 Å². The first-order valence-electron chi connectivity index (χ1n) is 9.72. The summed E-state index contributed by atoms with van der Waals surface area (Å²) in [6.07, 6.45) is 17.2. The van der Waals surface area contributed by atoms with Crippen molar-refractivity contribution >= 4 is 0 Å². The summed E-state index contributed by atoms with van der Waals surface area (Å²) in [6, 6.07) is 9.30. The third-order valence-electron chi connectivity index (χ3n) is 5.55. The average Bonchev–Trinajstić information content (AvgIpc) is 2.94. The second-order valence-electron chi connectivity index (χ2n) is 7.34. The Labute approximate surface area is 143 Å². The molecule has 0 amide bonds. The molecular weight excluding hydrogens is 278 g/mol. The second kappa shape index (κ2) is 9.27. The largest absolute Gasteiger partial charge is 0.322 e. The molecule has 0 aliphatic heterocycles. The summed E-state index contributed by atoms with van der Waals surface area (Å²) in [6.45, 7) is 4.48. The molecule has 23 heavy (non-hydrogen) atoms. The molecule has 2 rings (SSSR count). The topological polar surface area (TPSA) is 26.0 Å². The Hall–Kier alpha value is -1.08. The maximum atomic E-state index is 6.51. The molecule has 1 aliphatic carbocycles. The second-order valence-corrected chi connectivity index (χ2v) is 7.34. The highest BCUT2D eigenvalue weighted by Crippen LogP contribution is 2.33. The van der Waals surface area contributed by atoms with E-state index in [0.29, 0.717) is 5.92 Å². The third kappa shape index (κ3) is 5.49. The van der Waals surface area contributed by atoms with E-state index in [4.69, 9.17) is 5.73 Å². The lowest BCUT2D eigenvalue weighted by molar-refractivity contribution is 0.345. The first-order valence-corrected chi connectivity index (χ1v) is 9.72. The number of allylic oxidation sites excluding steroid dienone is 1. The lowest BCUT2D eigenvalue weighted by Crippen LogP contribution is -2.43. The normalized spacial score (nSPS) is 23.5. The van der Waals surface area contributed by atoms with E-state index >= 15 is 0 Å². The van der Waals surface area contributed by atoms with Gasteiger partial charge in [0.05, 0.1) is 0 Å². The van der Waals surface area contributed by atoms with Crippen molar-refractivity contribution in [3.8, 4) is 0 Å². The fourth-order valence-electron chi connectivity index (χ4n) is 3.72. The van der Waals surface area contributed by atoms with Crippen molar-refractivity contribution in [2.24, 2.45) is 11.7 Å². The van der Waals surface area contributed by atoms with Crippen LogP contribution in [0.25, 0.3) is 0 Å². The number of hydrogen-bond donors (Lipinski definition) is 1. The smallest absolute Gasteiger partial charge is 0.0371 e. The predicted molar refractivity (Wildman–Crippen MR) is 102 cm³/mol. The molecular formula is C22H35N. The van der Waals surface area contributed by atoms with Gasteiger partial charge in [-0.05, 0) is 49.1 Å². The zero-order valence-electron chi connectivity index (χ0n) is 15.2. The quantitative estimate of drug-likeness (QED) is 0.428. The first-order chi connectivity index (χ1) is 11.2. The van der Waals surface area contributed by atoms with Gasteiger partial charge >= 0.3 is 0 Å². The molecule has 0 heterocycles. The summed E-state index contributed by atoms with van der Waals surface area (Å²) in [5, 5.41) is 0. The van der Waals surface area contributed by atoms with Gasteiger partial charge in [0.1, 0.15) is 0 Å². The van der Waals surface area contributed by atoms with E-state index in [2.05, 4.69) is 50.3 Å². The molecule has 0 saturated carbocycles. The maximum Gasteiger partial charge on any atom is 0.0371 e. The van der Waals surface area contributed by atoms with E-state index in [1.807, 2.05) is 0 Å². The molecule has 1 aromatic carbocycles. The summed E-state index contributed by atoms with van der Waals surface area (Å²) >= 11 is 0. The van der Waals surface area contributed by atoms with Crippen LogP contribution in [0.3, 0.4) is 0 Å². The minimum Gasteiger partial charge on any atom is -0.322 e. The fourth-order valence-corrected chi connectivity index (χ4v) is 3.72. The Kier molecular flexibility index (Phi) is 7.36. The number of aryl methyl sites for hydroxylation is 1. The highest BCUT2D eigenvalue weighted by molar-refractivity contribution is 5.25. The van der Waals surface area contributed by atoms with Crippen molar-refractivity contribution < 1.29 is 0 Å². The van der Waals surface area contributed by atoms with Gasteiger partial charge < -0.3 is 5.73 Å². The van der Waals surface area contributed by atoms with E-state index in [1.54, 1.807) is 0 Å². The molecule has 128 valence electrons. The van der Waals surface area contributed by atoms with Crippen LogP contribution in [-0.4, -0.2) is 5.54 Å². The molecule has 1 aliphatic rings. The van der Waals surface area contributed by atoms with Gasteiger partial charge in [-0.25, -0.2) is 0 Å². The molecule has 0 radical (unpaired) electrons. The molecule has 0 fully saturated rings. The van der Waals surface area contributed by atoms with Crippen LogP contribution in [0.1, 0.15) is 76.3 Å². The van der Waals surface area contributed by atoms with Crippen LogP contribution in [-0.2, 0) is 12.8 Å². The van der Waals surface area contributed by atoms with Crippen LogP contribution < -0.4 is 5.73 Å². The predicted octanol–water partition coefficient (Wildman–Crippen LogP) is 5.82. The summed E-state index contributed by atoms with van der Waals surface area (Å²) < 4.78 is 0. The van der Waals surface area contributed by atoms with Gasteiger partial charge in [-0.3, -0.25) is 0 Å². The molecule has 1 aromatic rings. The zero-order chi connectivity index (χ0) is 16.5. The van der Waals surface area contributed by atoms with Gasteiger partial charge in [-0.1, -0.05) is 82.4 Å². The Balaban J connectivity index is 1.74. The van der Waals surface area contributed by atoms with Gasteiger partial charge in [0.15, 0.2) is 0 Å². The lowest BCUT2D eigenvalue weighted by atomic mass is 9.81. The molecule has 1 nitrogen and oxygen atoms in total. The number of nitrogens with two attached hydrogens (primary N) is 1. The van der Waals surface area contributed by atoms with Gasteiger partial charge in [-0.2, -0.15) is 0 Å². The zero-order valence-corrected chi connectivity index (χ0v) is 15.2. The molecule has 2 N–H and O–H groups in total. The van der Waals surface area contributed by atoms with Gasteiger partial charge in [0.25, 0.3) is 0 Å². The van der Waals surface area contributed by atoms with Crippen molar-refractivity contribution in [1.82, 2.24) is 0 Å². The molecule has 0 saturated heterocycles. The highest BCUT2D eigenvalue weighted by Gasteiger charge is 2.33. The van der Waals surface area contributed by atoms with E-state index in [9.17, 15) is 0 Å². The lowest BCUT2D eigenvalue weighted by Gasteiger charge is -2.29. The van der Waals surface area contributed by atoms with Crippen LogP contribution in [0.2, 0.25) is 0 Å². The molecule has 0 spiro atoms. The molecule has 1 heteroatoms. The highest BCUT2D eigenvalue weighted by atomic mass is 14.8. The molecule has 0 bridgehead atoms. The van der Waals surface area contributed by atoms with Crippen LogP contribution in [0.15, 0.2) is 36.4 Å². The molecule has 0 aromatic heterocycles. The summed E-state index contributed by atoms with van der Waals surface area (Å²) in [4.78, 5) is 0. The Morgan fingerprint density at radius 1 is 0.957 bits per heavy atom. The average molecular weight is 314 g/mol. The Morgan fingerprint density at radius 2 is 1.61 bits per heavy atom. The fraction of sp³-hybridized carbons (Fsp3) is 0.636. The maximum absolute atomic E-state index is 6.51. The van der Waals surface area contributed by atoms with Crippen LogP contribution >= 0.6 is 0 Å². The minimum absolute atomic E-state index is 0.0862. The van der Waals surface area contributed by atoms with Crippen molar-refractivity contribution in [1.29, 1.82) is 0 Å². The molecule has 2 atom stereocenters.